The van der Waals surface area contributed by atoms with Gasteiger partial charge in [-0.2, -0.15) is 0 Å². The van der Waals surface area contributed by atoms with Crippen molar-refractivity contribution < 1.29 is 78.8 Å². The van der Waals surface area contributed by atoms with Crippen LogP contribution in [0.5, 0.6) is 28.7 Å². The van der Waals surface area contributed by atoms with Gasteiger partial charge in [0.1, 0.15) is 71.3 Å². The maximum atomic E-state index is 13.9. The number of methoxy groups -OCH3 is 2. The van der Waals surface area contributed by atoms with E-state index in [0.717, 1.165) is 12.1 Å². The van der Waals surface area contributed by atoms with Gasteiger partial charge < -0.3 is 78.8 Å². The summed E-state index contributed by atoms with van der Waals surface area (Å²) in [7, 11) is 2.77. The van der Waals surface area contributed by atoms with E-state index in [1.165, 1.54) is 32.4 Å². The Morgan fingerprint density at radius 2 is 1.28 bits per heavy atom. The van der Waals surface area contributed by atoms with Gasteiger partial charge in [0.2, 0.25) is 23.8 Å². The van der Waals surface area contributed by atoms with E-state index in [2.05, 4.69) is 0 Å². The fourth-order valence-corrected chi connectivity index (χ4v) is 5.18. The number of rotatable bonds is 9. The predicted octanol–water partition coefficient (Wildman–Crippen LogP) is -2.46. The Morgan fingerprint density at radius 1 is 0.717 bits per heavy atom. The third-order valence-corrected chi connectivity index (χ3v) is 7.74. The molecule has 0 amide bonds. The first-order valence-corrected chi connectivity index (χ1v) is 13.9. The number of hydrogen-bond donors (Lipinski definition) is 9. The van der Waals surface area contributed by atoms with E-state index in [4.69, 9.17) is 32.8 Å². The number of aliphatic hydroxyl groups is 8. The summed E-state index contributed by atoms with van der Waals surface area (Å²) in [5.41, 5.74) is -1.11. The average molecular weight is 655 g/mol. The van der Waals surface area contributed by atoms with E-state index in [1.54, 1.807) is 0 Å². The highest BCUT2D eigenvalue weighted by molar-refractivity contribution is 5.88. The number of fused-ring (bicyclic) bond motifs is 1. The molecule has 17 heteroatoms. The largest absolute Gasteiger partial charge is 0.507 e. The van der Waals surface area contributed by atoms with Gasteiger partial charge in [0.15, 0.2) is 17.3 Å². The molecule has 0 radical (unpaired) electrons. The van der Waals surface area contributed by atoms with E-state index in [-0.39, 0.29) is 28.4 Å². The van der Waals surface area contributed by atoms with Crippen molar-refractivity contribution in [3.05, 3.63) is 40.6 Å². The van der Waals surface area contributed by atoms with E-state index in [9.17, 15) is 50.8 Å². The molecule has 252 valence electrons. The summed E-state index contributed by atoms with van der Waals surface area (Å²) in [5, 5.41) is 91.1. The lowest BCUT2D eigenvalue weighted by Crippen LogP contribution is -2.60. The summed E-state index contributed by atoms with van der Waals surface area (Å²) >= 11 is 0. The zero-order valence-electron chi connectivity index (χ0n) is 24.4. The molecule has 2 saturated heterocycles. The van der Waals surface area contributed by atoms with Crippen LogP contribution in [0.25, 0.3) is 22.3 Å². The first-order valence-electron chi connectivity index (χ1n) is 13.9. The molecule has 0 bridgehead atoms. The van der Waals surface area contributed by atoms with Crippen molar-refractivity contribution in [2.24, 2.45) is 0 Å². The Labute approximate surface area is 259 Å². The van der Waals surface area contributed by atoms with Crippen LogP contribution in [0.2, 0.25) is 0 Å². The first-order chi connectivity index (χ1) is 21.9. The molecule has 46 heavy (non-hydrogen) atoms. The molecule has 2 aliphatic rings. The third-order valence-electron chi connectivity index (χ3n) is 7.74. The maximum absolute atomic E-state index is 13.9. The highest BCUT2D eigenvalue weighted by atomic mass is 16.7. The molecule has 3 heterocycles. The van der Waals surface area contributed by atoms with Gasteiger partial charge in [0.25, 0.3) is 0 Å². The van der Waals surface area contributed by atoms with Crippen molar-refractivity contribution in [2.75, 3.05) is 27.4 Å². The number of phenols is 1. The molecule has 0 aliphatic carbocycles. The van der Waals surface area contributed by atoms with Gasteiger partial charge in [-0.05, 0) is 18.2 Å². The predicted molar refractivity (Wildman–Crippen MR) is 151 cm³/mol. The summed E-state index contributed by atoms with van der Waals surface area (Å²) < 4.78 is 38.8. The molecule has 17 nitrogen and oxygen atoms in total. The van der Waals surface area contributed by atoms with Crippen molar-refractivity contribution in [3.63, 3.8) is 0 Å². The smallest absolute Gasteiger partial charge is 0.239 e. The molecule has 0 spiro atoms. The van der Waals surface area contributed by atoms with Crippen molar-refractivity contribution in [2.45, 2.75) is 61.4 Å². The average Bonchev–Trinajstić information content (AvgIpc) is 3.05. The Hall–Kier alpha value is -3.75. The van der Waals surface area contributed by atoms with Crippen molar-refractivity contribution >= 4 is 11.0 Å². The molecule has 0 unspecified atom stereocenters. The number of phenolic OH excluding ortho intramolecular Hbond substituents is 1. The highest BCUT2D eigenvalue weighted by Gasteiger charge is 2.46. The SMILES string of the molecule is COc1ccc(-c2oc3cc(O[C@@H]4O[C@H](CO)[C@@H](O)[C@H](O)[C@H]4O)cc(O)c3c(=O)c2O[C@@H]2O[C@H](CO)[C@@H](O)[C@H](O)[C@H]2O)cc1OC. The molecule has 5 rings (SSSR count). The molecule has 10 atom stereocenters. The lowest BCUT2D eigenvalue weighted by Gasteiger charge is -2.39. The second-order valence-electron chi connectivity index (χ2n) is 10.6. The lowest BCUT2D eigenvalue weighted by molar-refractivity contribution is -0.277. The normalized spacial score (nSPS) is 31.4. The minimum Gasteiger partial charge on any atom is -0.507 e. The number of benzene rings is 2. The van der Waals surface area contributed by atoms with Gasteiger partial charge in [0, 0.05) is 17.7 Å². The molecular weight excluding hydrogens is 620 g/mol. The zero-order chi connectivity index (χ0) is 33.4. The van der Waals surface area contributed by atoms with Crippen molar-refractivity contribution in [1.82, 2.24) is 0 Å². The fourth-order valence-electron chi connectivity index (χ4n) is 5.18. The minimum absolute atomic E-state index is 0.163. The summed E-state index contributed by atoms with van der Waals surface area (Å²) in [5.74, 6) is -1.30. The lowest BCUT2D eigenvalue weighted by atomic mass is 9.99. The summed E-state index contributed by atoms with van der Waals surface area (Å²) in [4.78, 5) is 13.9. The van der Waals surface area contributed by atoms with E-state index < -0.39 is 96.9 Å². The molecule has 1 aromatic heterocycles. The minimum atomic E-state index is -1.89. The quantitative estimate of drug-likeness (QED) is 0.116. The monoisotopic (exact) mass is 654 g/mol. The Morgan fingerprint density at radius 3 is 1.83 bits per heavy atom. The molecule has 0 saturated carbocycles. The van der Waals surface area contributed by atoms with Crippen LogP contribution in [-0.2, 0) is 9.47 Å². The van der Waals surface area contributed by atoms with Gasteiger partial charge in [-0.15, -0.1) is 0 Å². The molecule has 9 N–H and O–H groups in total. The number of ether oxygens (including phenoxy) is 6. The Bertz CT molecular complexity index is 1590. The standard InChI is InChI=1S/C29H34O17/c1-40-13-4-3-10(5-14(13)41-2)26-27(46-29-25(39)23(37)20(34)17(9-31)45-29)21(35)18-12(32)6-11(7-15(18)43-26)42-28-24(38)22(36)19(33)16(8-30)44-28/h3-7,16-17,19-20,22-25,28-34,36-39H,8-9H2,1-2H3/t16-,17-,19-,20-,22+,23+,24-,25-,28-,29+/m1/s1. The van der Waals surface area contributed by atoms with E-state index >= 15 is 0 Å². The van der Waals surface area contributed by atoms with Gasteiger partial charge >= 0.3 is 0 Å². The summed E-state index contributed by atoms with van der Waals surface area (Å²) in [6.45, 7) is -1.48. The summed E-state index contributed by atoms with van der Waals surface area (Å²) in [6.07, 6.45) is -16.7. The molecular formula is C29H34O17. The first kappa shape index (κ1) is 33.6. The number of hydrogen-bond acceptors (Lipinski definition) is 17. The van der Waals surface area contributed by atoms with Crippen LogP contribution < -0.4 is 24.4 Å². The highest BCUT2D eigenvalue weighted by Crippen LogP contribution is 2.40. The van der Waals surface area contributed by atoms with Crippen molar-refractivity contribution in [3.8, 4) is 40.1 Å². The number of aliphatic hydroxyl groups excluding tert-OH is 8. The van der Waals surface area contributed by atoms with E-state index in [1.807, 2.05) is 0 Å². The van der Waals surface area contributed by atoms with Crippen LogP contribution in [0.4, 0.5) is 0 Å². The molecule has 2 aliphatic heterocycles. The van der Waals surface area contributed by atoms with Crippen LogP contribution in [0, 0.1) is 0 Å². The number of aromatic hydroxyl groups is 1. The van der Waals surface area contributed by atoms with Crippen LogP contribution >= 0.6 is 0 Å². The van der Waals surface area contributed by atoms with Gasteiger partial charge in [-0.3, -0.25) is 4.79 Å². The van der Waals surface area contributed by atoms with Crippen LogP contribution in [0.15, 0.2) is 39.5 Å². The Kier molecular flexibility index (Phi) is 9.89. The van der Waals surface area contributed by atoms with E-state index in [0.29, 0.717) is 5.75 Å². The van der Waals surface area contributed by atoms with Crippen LogP contribution in [0.1, 0.15) is 0 Å². The second-order valence-corrected chi connectivity index (χ2v) is 10.6. The van der Waals surface area contributed by atoms with Gasteiger partial charge in [0.05, 0.1) is 27.4 Å². The van der Waals surface area contributed by atoms with Gasteiger partial charge in [-0.1, -0.05) is 0 Å². The zero-order valence-corrected chi connectivity index (χ0v) is 24.4. The maximum Gasteiger partial charge on any atom is 0.239 e. The fraction of sp³-hybridized carbons (Fsp3) is 0.483. The van der Waals surface area contributed by atoms with Gasteiger partial charge in [-0.25, -0.2) is 0 Å². The van der Waals surface area contributed by atoms with Crippen LogP contribution in [0.3, 0.4) is 0 Å². The molecule has 2 aromatic carbocycles. The second kappa shape index (κ2) is 13.5. The Balaban J connectivity index is 1.62. The van der Waals surface area contributed by atoms with Crippen molar-refractivity contribution in [1.29, 1.82) is 0 Å². The molecule has 2 fully saturated rings. The van der Waals surface area contributed by atoms with Crippen LogP contribution in [-0.4, -0.2) is 135 Å². The molecule has 3 aromatic rings. The topological polar surface area (TPSA) is 268 Å². The third kappa shape index (κ3) is 6.05. The summed E-state index contributed by atoms with van der Waals surface area (Å²) in [6, 6.07) is 6.51.